The molecule has 0 aromatic heterocycles. The van der Waals surface area contributed by atoms with Crippen LogP contribution in [0.3, 0.4) is 0 Å². The van der Waals surface area contributed by atoms with Gasteiger partial charge in [-0.2, -0.15) is 0 Å². The van der Waals surface area contributed by atoms with Gasteiger partial charge >= 0.3 is 0 Å². The highest BCUT2D eigenvalue weighted by atomic mass is 19.1. The van der Waals surface area contributed by atoms with Crippen molar-refractivity contribution < 1.29 is 8.78 Å². The molecule has 0 amide bonds. The second-order valence-electron chi connectivity index (χ2n) is 7.97. The van der Waals surface area contributed by atoms with E-state index in [1.54, 1.807) is 18.2 Å². The first-order valence-electron chi connectivity index (χ1n) is 11.1. The van der Waals surface area contributed by atoms with Crippen LogP contribution in [0.5, 0.6) is 0 Å². The molecule has 0 nitrogen and oxygen atoms in total. The number of rotatable bonds is 11. The van der Waals surface area contributed by atoms with E-state index in [4.69, 9.17) is 0 Å². The zero-order valence-electron chi connectivity index (χ0n) is 18.5. The molecule has 0 saturated carbocycles. The molecular formula is C30H30F2. The van der Waals surface area contributed by atoms with E-state index in [0.29, 0.717) is 18.4 Å². The first-order valence-corrected chi connectivity index (χ1v) is 11.1. The van der Waals surface area contributed by atoms with E-state index >= 15 is 0 Å². The summed E-state index contributed by atoms with van der Waals surface area (Å²) in [6.45, 7) is 7.40. The molecule has 0 aliphatic heterocycles. The second kappa shape index (κ2) is 12.0. The standard InChI is InChI=1S/C30H30F2/c1-3-5-9-24-16-20-28(30(32)22-24)26-17-13-23(14-18-26)10-7-8-11-25-15-19-27(12-6-4-2)29(31)21-25/h3-4,7-8,13-22H,1-2,5-6,9-12H2/b8-7+. The molecule has 0 atom stereocenters. The highest BCUT2D eigenvalue weighted by Crippen LogP contribution is 2.25. The predicted octanol–water partition coefficient (Wildman–Crippen LogP) is 8.21. The highest BCUT2D eigenvalue weighted by Gasteiger charge is 2.06. The average molecular weight is 429 g/mol. The topological polar surface area (TPSA) is 0 Å². The summed E-state index contributed by atoms with van der Waals surface area (Å²) >= 11 is 0. The van der Waals surface area contributed by atoms with Crippen molar-refractivity contribution in [1.29, 1.82) is 0 Å². The van der Waals surface area contributed by atoms with E-state index in [1.807, 2.05) is 54.6 Å². The van der Waals surface area contributed by atoms with E-state index < -0.39 is 0 Å². The normalized spacial score (nSPS) is 11.1. The van der Waals surface area contributed by atoms with E-state index in [9.17, 15) is 8.78 Å². The van der Waals surface area contributed by atoms with Gasteiger partial charge in [0.1, 0.15) is 11.6 Å². The zero-order valence-corrected chi connectivity index (χ0v) is 18.5. The number of aryl methyl sites for hydroxylation is 2. The lowest BCUT2D eigenvalue weighted by molar-refractivity contribution is 0.607. The van der Waals surface area contributed by atoms with Crippen molar-refractivity contribution in [2.45, 2.75) is 38.5 Å². The van der Waals surface area contributed by atoms with Crippen LogP contribution < -0.4 is 0 Å². The molecule has 0 heterocycles. The Hall–Kier alpha value is -3.26. The van der Waals surface area contributed by atoms with E-state index in [2.05, 4.69) is 25.3 Å². The van der Waals surface area contributed by atoms with Crippen LogP contribution in [0.4, 0.5) is 8.78 Å². The summed E-state index contributed by atoms with van der Waals surface area (Å²) in [7, 11) is 0. The van der Waals surface area contributed by atoms with Crippen LogP contribution >= 0.6 is 0 Å². The Morgan fingerprint density at radius 3 is 1.88 bits per heavy atom. The summed E-state index contributed by atoms with van der Waals surface area (Å²) in [5.74, 6) is -0.337. The van der Waals surface area contributed by atoms with Gasteiger partial charge in [0.2, 0.25) is 0 Å². The molecule has 0 fully saturated rings. The number of hydrogen-bond donors (Lipinski definition) is 0. The van der Waals surface area contributed by atoms with E-state index in [-0.39, 0.29) is 11.6 Å². The molecule has 0 aliphatic rings. The first-order chi connectivity index (χ1) is 15.6. The quantitative estimate of drug-likeness (QED) is 0.270. The van der Waals surface area contributed by atoms with E-state index in [0.717, 1.165) is 53.5 Å². The minimum absolute atomic E-state index is 0.144. The average Bonchev–Trinajstić information content (AvgIpc) is 2.80. The number of allylic oxidation sites excluding steroid dienone is 4. The number of hydrogen-bond acceptors (Lipinski definition) is 0. The predicted molar refractivity (Wildman–Crippen MR) is 132 cm³/mol. The van der Waals surface area contributed by atoms with Crippen molar-refractivity contribution in [3.8, 4) is 11.1 Å². The van der Waals surface area contributed by atoms with Crippen LogP contribution in [0.25, 0.3) is 11.1 Å². The Morgan fingerprint density at radius 1 is 0.625 bits per heavy atom. The molecule has 0 saturated heterocycles. The van der Waals surface area contributed by atoms with Crippen molar-refractivity contribution in [1.82, 2.24) is 0 Å². The Balaban J connectivity index is 1.56. The second-order valence-corrected chi connectivity index (χ2v) is 7.97. The lowest BCUT2D eigenvalue weighted by Crippen LogP contribution is -1.92. The molecule has 32 heavy (non-hydrogen) atoms. The van der Waals surface area contributed by atoms with Gasteiger partial charge in [-0.3, -0.25) is 0 Å². The van der Waals surface area contributed by atoms with Crippen molar-refractivity contribution in [3.05, 3.63) is 132 Å². The molecule has 2 heteroatoms. The van der Waals surface area contributed by atoms with Crippen LogP contribution in [0.2, 0.25) is 0 Å². The molecule has 0 bridgehead atoms. The lowest BCUT2D eigenvalue weighted by Gasteiger charge is -2.07. The monoisotopic (exact) mass is 428 g/mol. The summed E-state index contributed by atoms with van der Waals surface area (Å²) < 4.78 is 28.7. The van der Waals surface area contributed by atoms with Crippen molar-refractivity contribution in [2.24, 2.45) is 0 Å². The van der Waals surface area contributed by atoms with Gasteiger partial charge < -0.3 is 0 Å². The van der Waals surface area contributed by atoms with Crippen LogP contribution in [0.15, 0.2) is 98.1 Å². The minimum Gasteiger partial charge on any atom is -0.207 e. The van der Waals surface area contributed by atoms with Gasteiger partial charge in [0, 0.05) is 5.56 Å². The largest absolute Gasteiger partial charge is 0.207 e. The van der Waals surface area contributed by atoms with Gasteiger partial charge in [-0.15, -0.1) is 13.2 Å². The van der Waals surface area contributed by atoms with Gasteiger partial charge in [-0.05, 0) is 78.5 Å². The van der Waals surface area contributed by atoms with Crippen LogP contribution in [0.1, 0.15) is 35.1 Å². The van der Waals surface area contributed by atoms with Gasteiger partial charge in [0.05, 0.1) is 0 Å². The molecule has 0 N–H and O–H groups in total. The van der Waals surface area contributed by atoms with Gasteiger partial charge in [0.25, 0.3) is 0 Å². The third-order valence-electron chi connectivity index (χ3n) is 5.54. The third kappa shape index (κ3) is 6.62. The molecule has 3 aromatic carbocycles. The molecule has 164 valence electrons. The third-order valence-corrected chi connectivity index (χ3v) is 5.54. The van der Waals surface area contributed by atoms with Crippen LogP contribution in [-0.4, -0.2) is 0 Å². The number of benzene rings is 3. The fraction of sp³-hybridized carbons (Fsp3) is 0.200. The summed E-state index contributed by atoms with van der Waals surface area (Å²) in [5, 5.41) is 0. The van der Waals surface area contributed by atoms with Crippen LogP contribution in [-0.2, 0) is 25.7 Å². The fourth-order valence-corrected chi connectivity index (χ4v) is 3.65. The smallest absolute Gasteiger partial charge is 0.131 e. The maximum Gasteiger partial charge on any atom is 0.131 e. The Morgan fingerprint density at radius 2 is 1.22 bits per heavy atom. The molecule has 0 spiro atoms. The maximum atomic E-state index is 14.5. The number of halogens is 2. The summed E-state index contributed by atoms with van der Waals surface area (Å²) in [6, 6.07) is 18.9. The summed E-state index contributed by atoms with van der Waals surface area (Å²) in [5.41, 5.74) is 5.33. The SMILES string of the molecule is C=CCCc1ccc(-c2ccc(C/C=C/Cc3ccc(CCC=C)c(F)c3)cc2)c(F)c1. The lowest BCUT2D eigenvalue weighted by atomic mass is 9.99. The van der Waals surface area contributed by atoms with Gasteiger partial charge in [0.15, 0.2) is 0 Å². The Labute approximate surface area is 190 Å². The van der Waals surface area contributed by atoms with Crippen molar-refractivity contribution in [3.63, 3.8) is 0 Å². The highest BCUT2D eigenvalue weighted by molar-refractivity contribution is 5.64. The molecule has 3 rings (SSSR count). The van der Waals surface area contributed by atoms with Crippen molar-refractivity contribution in [2.75, 3.05) is 0 Å². The maximum absolute atomic E-state index is 14.5. The van der Waals surface area contributed by atoms with E-state index in [1.165, 1.54) is 0 Å². The molecule has 3 aromatic rings. The summed E-state index contributed by atoms with van der Waals surface area (Å²) in [4.78, 5) is 0. The molecular weight excluding hydrogens is 398 g/mol. The minimum atomic E-state index is -0.193. The van der Waals surface area contributed by atoms with Crippen LogP contribution in [0, 0.1) is 11.6 Å². The Kier molecular flexibility index (Phi) is 8.74. The summed E-state index contributed by atoms with van der Waals surface area (Å²) in [6.07, 6.45) is 12.4. The van der Waals surface area contributed by atoms with Gasteiger partial charge in [-0.25, -0.2) is 8.78 Å². The Bertz CT molecular complexity index is 1070. The molecule has 0 aliphatic carbocycles. The molecule has 0 radical (unpaired) electrons. The van der Waals surface area contributed by atoms with Crippen molar-refractivity contribution >= 4 is 0 Å². The molecule has 0 unspecified atom stereocenters. The fourth-order valence-electron chi connectivity index (χ4n) is 3.65. The first kappa shape index (κ1) is 23.4. The zero-order chi connectivity index (χ0) is 22.8. The van der Waals surface area contributed by atoms with Gasteiger partial charge in [-0.1, -0.05) is 72.8 Å².